The van der Waals surface area contributed by atoms with E-state index in [1.165, 1.54) is 0 Å². The number of carboxylic acids is 1. The molecule has 0 bridgehead atoms. The minimum absolute atomic E-state index is 0.0496. The quantitative estimate of drug-likeness (QED) is 0.661. The molecule has 0 spiro atoms. The zero-order chi connectivity index (χ0) is 9.84. The Morgan fingerprint density at radius 1 is 1.77 bits per heavy atom. The molecule has 0 radical (unpaired) electrons. The summed E-state index contributed by atoms with van der Waals surface area (Å²) in [5, 5.41) is 11.2. The fraction of sp³-hybridized carbons (Fsp3) is 0.750. The van der Waals surface area contributed by atoms with Gasteiger partial charge < -0.3 is 15.3 Å². The van der Waals surface area contributed by atoms with Gasteiger partial charge in [-0.15, -0.1) is 0 Å². The number of urea groups is 1. The van der Waals surface area contributed by atoms with Crippen LogP contribution in [0.15, 0.2) is 0 Å². The highest BCUT2D eigenvalue weighted by Crippen LogP contribution is 2.11. The van der Waals surface area contributed by atoms with Crippen LogP contribution in [-0.2, 0) is 4.79 Å². The maximum Gasteiger partial charge on any atom is 0.317 e. The third-order valence-corrected chi connectivity index (χ3v) is 2.22. The molecular formula is C8H14N2O3. The minimum atomic E-state index is -0.810. The molecule has 1 rings (SSSR count). The van der Waals surface area contributed by atoms with E-state index in [0.717, 1.165) is 0 Å². The Hall–Kier alpha value is -1.26. The number of carboxylic acid groups (broad SMARTS) is 1. The number of amides is 2. The largest absolute Gasteiger partial charge is 0.481 e. The van der Waals surface area contributed by atoms with E-state index < -0.39 is 5.97 Å². The van der Waals surface area contributed by atoms with E-state index in [2.05, 4.69) is 5.32 Å². The van der Waals surface area contributed by atoms with Gasteiger partial charge >= 0.3 is 12.0 Å². The summed E-state index contributed by atoms with van der Waals surface area (Å²) in [5.41, 5.74) is 0. The molecule has 5 nitrogen and oxygen atoms in total. The summed E-state index contributed by atoms with van der Waals surface area (Å²) in [5.74, 6) is -0.810. The third-order valence-electron chi connectivity index (χ3n) is 2.22. The average molecular weight is 186 g/mol. The predicted molar refractivity (Wildman–Crippen MR) is 46.4 cm³/mol. The molecule has 0 aromatic rings. The zero-order valence-corrected chi connectivity index (χ0v) is 7.62. The summed E-state index contributed by atoms with van der Waals surface area (Å²) in [6, 6.07) is -0.0357. The highest BCUT2D eigenvalue weighted by Gasteiger charge is 2.28. The van der Waals surface area contributed by atoms with Crippen molar-refractivity contribution in [2.75, 3.05) is 13.1 Å². The van der Waals surface area contributed by atoms with E-state index in [9.17, 15) is 9.59 Å². The van der Waals surface area contributed by atoms with Gasteiger partial charge in [0, 0.05) is 19.5 Å². The highest BCUT2D eigenvalue weighted by molar-refractivity contribution is 5.77. The lowest BCUT2D eigenvalue weighted by atomic mass is 10.1. The lowest BCUT2D eigenvalue weighted by Gasteiger charge is -2.20. The maximum atomic E-state index is 11.1. The topological polar surface area (TPSA) is 69.6 Å². The monoisotopic (exact) mass is 186 g/mol. The number of aliphatic carboxylic acids is 1. The normalized spacial score (nSPS) is 21.8. The number of likely N-dealkylation sites (N-methyl/N-ethyl adjacent to an activating group) is 1. The number of carbonyl (C=O) groups excluding carboxylic acids is 1. The molecule has 0 aromatic carbocycles. The molecule has 1 atom stereocenters. The van der Waals surface area contributed by atoms with Gasteiger partial charge in [0.25, 0.3) is 0 Å². The number of nitrogens with zero attached hydrogens (tertiary/aromatic N) is 1. The first-order valence-electron chi connectivity index (χ1n) is 4.41. The molecule has 5 heteroatoms. The molecule has 1 aliphatic rings. The van der Waals surface area contributed by atoms with Crippen molar-refractivity contribution in [3.8, 4) is 0 Å². The van der Waals surface area contributed by atoms with E-state index >= 15 is 0 Å². The molecule has 1 saturated heterocycles. The van der Waals surface area contributed by atoms with Crippen molar-refractivity contribution in [3.63, 3.8) is 0 Å². The van der Waals surface area contributed by atoms with Crippen molar-refractivity contribution >= 4 is 12.0 Å². The van der Waals surface area contributed by atoms with Crippen molar-refractivity contribution in [3.05, 3.63) is 0 Å². The number of rotatable bonds is 4. The first-order valence-corrected chi connectivity index (χ1v) is 4.41. The fourth-order valence-electron chi connectivity index (χ4n) is 1.53. The van der Waals surface area contributed by atoms with E-state index in [4.69, 9.17) is 5.11 Å². The van der Waals surface area contributed by atoms with Crippen LogP contribution < -0.4 is 5.32 Å². The first-order chi connectivity index (χ1) is 6.15. The standard InChI is InChI=1S/C8H14N2O3/c1-2-10-6(3-4-7(11)12)5-9-8(10)13/h6H,2-5H2,1H3,(H,9,13)(H,11,12). The van der Waals surface area contributed by atoms with Crippen LogP contribution in [0, 0.1) is 0 Å². The van der Waals surface area contributed by atoms with Crippen LogP contribution in [0.25, 0.3) is 0 Å². The van der Waals surface area contributed by atoms with Crippen LogP contribution in [0.3, 0.4) is 0 Å². The summed E-state index contributed by atoms with van der Waals surface area (Å²) in [4.78, 5) is 23.1. The minimum Gasteiger partial charge on any atom is -0.481 e. The van der Waals surface area contributed by atoms with Gasteiger partial charge in [-0.1, -0.05) is 0 Å². The van der Waals surface area contributed by atoms with Gasteiger partial charge in [0.2, 0.25) is 0 Å². The third kappa shape index (κ3) is 2.34. The predicted octanol–water partition coefficient (Wildman–Crippen LogP) is 0.265. The molecule has 2 amide bonds. The molecule has 0 aromatic heterocycles. The fourth-order valence-corrected chi connectivity index (χ4v) is 1.53. The summed E-state index contributed by atoms with van der Waals surface area (Å²) in [6.45, 7) is 3.09. The van der Waals surface area contributed by atoms with Crippen molar-refractivity contribution in [1.29, 1.82) is 0 Å². The van der Waals surface area contributed by atoms with Gasteiger partial charge in [-0.2, -0.15) is 0 Å². The van der Waals surface area contributed by atoms with Gasteiger partial charge in [0.1, 0.15) is 0 Å². The molecule has 74 valence electrons. The first kappa shape index (κ1) is 9.83. The number of hydrogen-bond acceptors (Lipinski definition) is 2. The van der Waals surface area contributed by atoms with E-state index in [1.807, 2.05) is 6.92 Å². The Kier molecular flexibility index (Phi) is 3.11. The lowest BCUT2D eigenvalue weighted by molar-refractivity contribution is -0.137. The maximum absolute atomic E-state index is 11.1. The van der Waals surface area contributed by atoms with Gasteiger partial charge in [0.05, 0.1) is 6.04 Å². The number of hydrogen-bond donors (Lipinski definition) is 2. The molecule has 0 aliphatic carbocycles. The second-order valence-corrected chi connectivity index (χ2v) is 3.06. The van der Waals surface area contributed by atoms with E-state index in [-0.39, 0.29) is 18.5 Å². The molecule has 1 heterocycles. The number of carbonyl (C=O) groups is 2. The van der Waals surface area contributed by atoms with E-state index in [1.54, 1.807) is 4.90 Å². The Morgan fingerprint density at radius 3 is 3.00 bits per heavy atom. The Labute approximate surface area is 76.7 Å². The van der Waals surface area contributed by atoms with Gasteiger partial charge in [0.15, 0.2) is 0 Å². The van der Waals surface area contributed by atoms with Crippen LogP contribution in [0.2, 0.25) is 0 Å². The van der Waals surface area contributed by atoms with Gasteiger partial charge in [-0.05, 0) is 13.3 Å². The molecule has 1 aliphatic heterocycles. The summed E-state index contributed by atoms with van der Waals surface area (Å²) in [7, 11) is 0. The van der Waals surface area contributed by atoms with Gasteiger partial charge in [-0.25, -0.2) is 4.79 Å². The van der Waals surface area contributed by atoms with E-state index in [0.29, 0.717) is 19.5 Å². The molecule has 1 unspecified atom stereocenters. The SMILES string of the molecule is CCN1C(=O)NCC1CCC(=O)O. The van der Waals surface area contributed by atoms with Crippen LogP contribution >= 0.6 is 0 Å². The average Bonchev–Trinajstić information content (AvgIpc) is 2.42. The highest BCUT2D eigenvalue weighted by atomic mass is 16.4. The summed E-state index contributed by atoms with van der Waals surface area (Å²) in [6.07, 6.45) is 0.651. The lowest BCUT2D eigenvalue weighted by Crippen LogP contribution is -2.34. The molecule has 0 saturated carbocycles. The molecular weight excluding hydrogens is 172 g/mol. The van der Waals surface area contributed by atoms with Crippen molar-refractivity contribution in [2.45, 2.75) is 25.8 Å². The smallest absolute Gasteiger partial charge is 0.317 e. The Balaban J connectivity index is 2.41. The van der Waals surface area contributed by atoms with Crippen LogP contribution in [0.4, 0.5) is 4.79 Å². The Bertz CT molecular complexity index is 217. The van der Waals surface area contributed by atoms with Crippen LogP contribution in [-0.4, -0.2) is 41.1 Å². The number of nitrogens with one attached hydrogen (secondary N) is 1. The Morgan fingerprint density at radius 2 is 2.46 bits per heavy atom. The molecule has 1 fully saturated rings. The zero-order valence-electron chi connectivity index (χ0n) is 7.62. The van der Waals surface area contributed by atoms with Crippen LogP contribution in [0.1, 0.15) is 19.8 Å². The van der Waals surface area contributed by atoms with Gasteiger partial charge in [-0.3, -0.25) is 4.79 Å². The van der Waals surface area contributed by atoms with Crippen molar-refractivity contribution in [1.82, 2.24) is 10.2 Å². The van der Waals surface area contributed by atoms with Crippen molar-refractivity contribution < 1.29 is 14.7 Å². The summed E-state index contributed by atoms with van der Waals surface area (Å²) >= 11 is 0. The van der Waals surface area contributed by atoms with Crippen molar-refractivity contribution in [2.24, 2.45) is 0 Å². The second-order valence-electron chi connectivity index (χ2n) is 3.06. The molecule has 2 N–H and O–H groups in total. The summed E-state index contributed by atoms with van der Waals surface area (Å²) < 4.78 is 0. The second kappa shape index (κ2) is 4.11. The molecule has 13 heavy (non-hydrogen) atoms. The van der Waals surface area contributed by atoms with Crippen LogP contribution in [0.5, 0.6) is 0 Å².